The molecule has 0 radical (unpaired) electrons. The molecular weight excluding hydrogens is 259 g/mol. The highest BCUT2D eigenvalue weighted by molar-refractivity contribution is 7.07. The van der Waals surface area contributed by atoms with E-state index in [1.165, 1.54) is 17.4 Å². The number of hydrogen-bond donors (Lipinski definition) is 0. The number of thiazole rings is 1. The van der Waals surface area contributed by atoms with Gasteiger partial charge in [-0.2, -0.15) is 0 Å². The molecule has 0 aliphatic heterocycles. The monoisotopic (exact) mass is 270 g/mol. The molecule has 0 bridgehead atoms. The van der Waals surface area contributed by atoms with Crippen LogP contribution in [0.15, 0.2) is 34.8 Å². The van der Waals surface area contributed by atoms with Crippen molar-refractivity contribution in [1.29, 1.82) is 0 Å². The van der Waals surface area contributed by atoms with Gasteiger partial charge >= 0.3 is 0 Å². The van der Waals surface area contributed by atoms with Crippen LogP contribution < -0.4 is 4.80 Å². The van der Waals surface area contributed by atoms with Crippen LogP contribution in [0.25, 0.3) is 0 Å². The third kappa shape index (κ3) is 2.76. The highest BCUT2D eigenvalue weighted by Crippen LogP contribution is 2.21. The van der Waals surface area contributed by atoms with E-state index in [1.807, 2.05) is 16.1 Å². The van der Waals surface area contributed by atoms with E-state index in [0.717, 1.165) is 4.80 Å². The summed E-state index contributed by atoms with van der Waals surface area (Å²) in [5.41, 5.74) is 0.311. The molecule has 0 saturated carbocycles. The predicted molar refractivity (Wildman–Crippen MR) is 69.3 cm³/mol. The maximum atomic E-state index is 13.6. The molecule has 0 spiro atoms. The Labute approximate surface area is 108 Å². The molecule has 2 rings (SSSR count). The van der Waals surface area contributed by atoms with Gasteiger partial charge in [-0.05, 0) is 32.0 Å². The summed E-state index contributed by atoms with van der Waals surface area (Å²) < 4.78 is 15.6. The van der Waals surface area contributed by atoms with Crippen LogP contribution in [0.2, 0.25) is 5.02 Å². The Morgan fingerprint density at radius 2 is 2.18 bits per heavy atom. The number of nitrogens with zero attached hydrogens (tertiary/aromatic N) is 2. The fourth-order valence-electron chi connectivity index (χ4n) is 1.43. The van der Waals surface area contributed by atoms with E-state index in [1.54, 1.807) is 12.1 Å². The zero-order chi connectivity index (χ0) is 12.4. The molecule has 0 atom stereocenters. The van der Waals surface area contributed by atoms with Gasteiger partial charge < -0.3 is 4.57 Å². The molecule has 5 heteroatoms. The largest absolute Gasteiger partial charge is 0.321 e. The SMILES string of the molecule is CC(C)n1ccsc1=Nc1ccc(Cl)cc1F. The third-order valence-electron chi connectivity index (χ3n) is 2.30. The van der Waals surface area contributed by atoms with Crippen molar-refractivity contribution < 1.29 is 4.39 Å². The highest BCUT2D eigenvalue weighted by Gasteiger charge is 2.03. The maximum Gasteiger partial charge on any atom is 0.190 e. The van der Waals surface area contributed by atoms with Gasteiger partial charge in [0.2, 0.25) is 0 Å². The van der Waals surface area contributed by atoms with Crippen molar-refractivity contribution in [3.05, 3.63) is 45.4 Å². The molecule has 90 valence electrons. The lowest BCUT2D eigenvalue weighted by atomic mass is 10.3. The highest BCUT2D eigenvalue weighted by atomic mass is 35.5. The first kappa shape index (κ1) is 12.3. The minimum atomic E-state index is -0.402. The van der Waals surface area contributed by atoms with E-state index in [9.17, 15) is 4.39 Å². The number of rotatable bonds is 2. The van der Waals surface area contributed by atoms with Crippen LogP contribution in [0, 0.1) is 5.82 Å². The van der Waals surface area contributed by atoms with Gasteiger partial charge in [0.1, 0.15) is 11.5 Å². The first-order valence-electron chi connectivity index (χ1n) is 5.23. The lowest BCUT2D eigenvalue weighted by Gasteiger charge is -2.05. The fraction of sp³-hybridized carbons (Fsp3) is 0.250. The van der Waals surface area contributed by atoms with Crippen LogP contribution >= 0.6 is 22.9 Å². The Morgan fingerprint density at radius 3 is 2.82 bits per heavy atom. The van der Waals surface area contributed by atoms with E-state index in [2.05, 4.69) is 18.8 Å². The predicted octanol–water partition coefficient (Wildman–Crippen LogP) is 4.16. The molecule has 0 aliphatic carbocycles. The van der Waals surface area contributed by atoms with Crippen LogP contribution in [-0.4, -0.2) is 4.57 Å². The van der Waals surface area contributed by atoms with Crippen LogP contribution in [0.4, 0.5) is 10.1 Å². The molecule has 1 aromatic heterocycles. The number of halogens is 2. The van der Waals surface area contributed by atoms with Crippen LogP contribution in [0.5, 0.6) is 0 Å². The van der Waals surface area contributed by atoms with E-state index in [-0.39, 0.29) is 0 Å². The fourth-order valence-corrected chi connectivity index (χ4v) is 2.45. The second-order valence-corrected chi connectivity index (χ2v) is 5.20. The van der Waals surface area contributed by atoms with Crippen molar-refractivity contribution >= 4 is 28.6 Å². The zero-order valence-corrected chi connectivity index (χ0v) is 11.1. The summed E-state index contributed by atoms with van der Waals surface area (Å²) >= 11 is 7.18. The molecular formula is C12H12ClFN2S. The van der Waals surface area contributed by atoms with Crippen LogP contribution in [0.1, 0.15) is 19.9 Å². The molecule has 17 heavy (non-hydrogen) atoms. The summed E-state index contributed by atoms with van der Waals surface area (Å²) in [7, 11) is 0. The van der Waals surface area contributed by atoms with Gasteiger partial charge in [-0.3, -0.25) is 0 Å². The lowest BCUT2D eigenvalue weighted by Crippen LogP contribution is -2.15. The van der Waals surface area contributed by atoms with Gasteiger partial charge in [0, 0.05) is 22.6 Å². The molecule has 0 N–H and O–H groups in total. The van der Waals surface area contributed by atoms with Crippen molar-refractivity contribution in [2.24, 2.45) is 4.99 Å². The Hall–Kier alpha value is -1.13. The Kier molecular flexibility index (Phi) is 3.64. The zero-order valence-electron chi connectivity index (χ0n) is 9.52. The molecule has 1 aromatic carbocycles. The summed E-state index contributed by atoms with van der Waals surface area (Å²) in [6.07, 6.45) is 1.95. The molecule has 1 heterocycles. The molecule has 2 nitrogen and oxygen atoms in total. The van der Waals surface area contributed by atoms with Crippen molar-refractivity contribution in [1.82, 2.24) is 4.57 Å². The van der Waals surface area contributed by atoms with Crippen molar-refractivity contribution in [2.45, 2.75) is 19.9 Å². The average molecular weight is 271 g/mol. The Morgan fingerprint density at radius 1 is 1.41 bits per heavy atom. The van der Waals surface area contributed by atoms with Gasteiger partial charge in [0.25, 0.3) is 0 Å². The van der Waals surface area contributed by atoms with Gasteiger partial charge in [-0.25, -0.2) is 9.38 Å². The number of hydrogen-bond acceptors (Lipinski definition) is 2. The molecule has 0 fully saturated rings. The van der Waals surface area contributed by atoms with E-state index < -0.39 is 5.82 Å². The third-order valence-corrected chi connectivity index (χ3v) is 3.30. The normalized spacial score (nSPS) is 12.4. The van der Waals surface area contributed by atoms with E-state index in [4.69, 9.17) is 11.6 Å². The van der Waals surface area contributed by atoms with E-state index >= 15 is 0 Å². The average Bonchev–Trinajstić information content (AvgIpc) is 2.70. The van der Waals surface area contributed by atoms with Gasteiger partial charge in [0.15, 0.2) is 4.80 Å². The molecule has 0 amide bonds. The van der Waals surface area contributed by atoms with Gasteiger partial charge in [-0.15, -0.1) is 11.3 Å². The summed E-state index contributed by atoms with van der Waals surface area (Å²) in [4.78, 5) is 5.09. The number of benzene rings is 1. The van der Waals surface area contributed by atoms with Crippen LogP contribution in [0.3, 0.4) is 0 Å². The molecule has 2 aromatic rings. The van der Waals surface area contributed by atoms with Crippen molar-refractivity contribution in [3.8, 4) is 0 Å². The lowest BCUT2D eigenvalue weighted by molar-refractivity contribution is 0.582. The van der Waals surface area contributed by atoms with Crippen LogP contribution in [-0.2, 0) is 0 Å². The number of aromatic nitrogens is 1. The topological polar surface area (TPSA) is 17.3 Å². The second kappa shape index (κ2) is 5.02. The minimum absolute atomic E-state index is 0.301. The Balaban J connectivity index is 2.51. The summed E-state index contributed by atoms with van der Waals surface area (Å²) in [6, 6.07) is 4.79. The quantitative estimate of drug-likeness (QED) is 0.780. The van der Waals surface area contributed by atoms with Crippen molar-refractivity contribution in [3.63, 3.8) is 0 Å². The molecule has 0 saturated heterocycles. The smallest absolute Gasteiger partial charge is 0.190 e. The van der Waals surface area contributed by atoms with Gasteiger partial charge in [-0.1, -0.05) is 11.6 Å². The summed E-state index contributed by atoms with van der Waals surface area (Å²) in [5, 5.41) is 2.32. The first-order chi connectivity index (χ1) is 8.08. The minimum Gasteiger partial charge on any atom is -0.321 e. The summed E-state index contributed by atoms with van der Waals surface area (Å²) in [5.74, 6) is -0.402. The molecule has 0 aliphatic rings. The van der Waals surface area contributed by atoms with Gasteiger partial charge in [0.05, 0.1) is 0 Å². The first-order valence-corrected chi connectivity index (χ1v) is 6.49. The standard InChI is InChI=1S/C12H12ClFN2S/c1-8(2)16-5-6-17-12(16)15-11-4-3-9(13)7-10(11)14/h3-8H,1-2H3. The van der Waals surface area contributed by atoms with Crippen molar-refractivity contribution in [2.75, 3.05) is 0 Å². The Bertz CT molecular complexity index is 586. The molecule has 0 unspecified atom stereocenters. The summed E-state index contributed by atoms with van der Waals surface area (Å²) in [6.45, 7) is 4.12. The maximum absolute atomic E-state index is 13.6. The second-order valence-electron chi connectivity index (χ2n) is 3.89. The van der Waals surface area contributed by atoms with E-state index in [0.29, 0.717) is 16.8 Å².